The van der Waals surface area contributed by atoms with Gasteiger partial charge in [-0.3, -0.25) is 4.79 Å². The van der Waals surface area contributed by atoms with Crippen LogP contribution in [0.4, 0.5) is 0 Å². The highest BCUT2D eigenvalue weighted by Gasteiger charge is 2.36. The van der Waals surface area contributed by atoms with Crippen LogP contribution in [0.3, 0.4) is 0 Å². The predicted molar refractivity (Wildman–Crippen MR) is 99.7 cm³/mol. The average Bonchev–Trinajstić information content (AvgIpc) is 2.93. The maximum absolute atomic E-state index is 12.3. The minimum absolute atomic E-state index is 0.0536. The molecule has 1 aliphatic rings. The number of aryl methyl sites for hydroxylation is 1. The van der Waals surface area contributed by atoms with E-state index in [4.69, 9.17) is 4.98 Å². The molecule has 0 aliphatic carbocycles. The molecule has 4 rings (SSSR count). The zero-order valence-electron chi connectivity index (χ0n) is 15.3. The highest BCUT2D eigenvalue weighted by Crippen LogP contribution is 2.45. The van der Waals surface area contributed by atoms with Gasteiger partial charge in [0.1, 0.15) is 5.56 Å². The molecule has 6 nitrogen and oxygen atoms in total. The lowest BCUT2D eigenvalue weighted by Crippen LogP contribution is -2.31. The van der Waals surface area contributed by atoms with Gasteiger partial charge >= 0.3 is 5.97 Å². The SMILES string of the molecule is Cc1cccc2c1nc1n2CC(C(C)(C)C)c2cc(C(=O)O)c(=O)[nH]c2-1. The molecule has 0 radical (unpaired) electrons. The number of fused-ring (bicyclic) bond motifs is 5. The zero-order valence-corrected chi connectivity index (χ0v) is 15.3. The predicted octanol–water partition coefficient (Wildman–Crippen LogP) is 3.54. The summed E-state index contributed by atoms with van der Waals surface area (Å²) in [7, 11) is 0. The van der Waals surface area contributed by atoms with Crippen molar-refractivity contribution in [3.8, 4) is 11.5 Å². The topological polar surface area (TPSA) is 88.0 Å². The highest BCUT2D eigenvalue weighted by molar-refractivity contribution is 5.89. The molecule has 0 bridgehead atoms. The molecule has 26 heavy (non-hydrogen) atoms. The Morgan fingerprint density at radius 2 is 2.08 bits per heavy atom. The second-order valence-corrected chi connectivity index (χ2v) is 8.05. The minimum Gasteiger partial charge on any atom is -0.477 e. The standard InChI is InChI=1S/C20H21N3O3/c1-10-6-5-7-14-15(10)21-17-16-11(8-12(19(25)26)18(24)22-16)13(9-23(14)17)20(2,3)4/h5-8,13H,9H2,1-4H3,(H,22,24)(H,25,26). The summed E-state index contributed by atoms with van der Waals surface area (Å²) in [5.74, 6) is -0.465. The number of hydrogen-bond donors (Lipinski definition) is 2. The van der Waals surface area contributed by atoms with Gasteiger partial charge in [0.15, 0.2) is 5.82 Å². The molecule has 0 saturated heterocycles. The van der Waals surface area contributed by atoms with E-state index >= 15 is 0 Å². The third-order valence-electron chi connectivity index (χ3n) is 5.29. The molecule has 0 saturated carbocycles. The number of imidazole rings is 1. The summed E-state index contributed by atoms with van der Waals surface area (Å²) in [4.78, 5) is 31.3. The number of nitrogens with zero attached hydrogens (tertiary/aromatic N) is 2. The van der Waals surface area contributed by atoms with Crippen LogP contribution in [0.1, 0.15) is 48.2 Å². The molecule has 2 aromatic heterocycles. The Labute approximate surface area is 150 Å². The van der Waals surface area contributed by atoms with Gasteiger partial charge in [-0.15, -0.1) is 0 Å². The molecule has 3 heterocycles. The first-order valence-electron chi connectivity index (χ1n) is 8.65. The van der Waals surface area contributed by atoms with Crippen LogP contribution in [0.2, 0.25) is 0 Å². The molecule has 1 atom stereocenters. The number of carboxylic acid groups (broad SMARTS) is 1. The lowest BCUT2D eigenvalue weighted by atomic mass is 9.74. The number of aromatic amines is 1. The maximum Gasteiger partial charge on any atom is 0.341 e. The van der Waals surface area contributed by atoms with E-state index in [1.54, 1.807) is 0 Å². The van der Waals surface area contributed by atoms with Crippen LogP contribution >= 0.6 is 0 Å². The van der Waals surface area contributed by atoms with Crippen LogP contribution in [0.15, 0.2) is 29.1 Å². The highest BCUT2D eigenvalue weighted by atomic mass is 16.4. The number of carbonyl (C=O) groups is 1. The van der Waals surface area contributed by atoms with Gasteiger partial charge in [0, 0.05) is 12.5 Å². The smallest absolute Gasteiger partial charge is 0.341 e. The van der Waals surface area contributed by atoms with Crippen molar-refractivity contribution in [2.45, 2.75) is 40.2 Å². The van der Waals surface area contributed by atoms with Gasteiger partial charge in [0.2, 0.25) is 0 Å². The number of pyridine rings is 1. The van der Waals surface area contributed by atoms with Crippen LogP contribution < -0.4 is 5.56 Å². The molecule has 1 aromatic carbocycles. The van der Waals surface area contributed by atoms with Crippen molar-refractivity contribution in [3.63, 3.8) is 0 Å². The number of carboxylic acids is 1. The number of aromatic nitrogens is 3. The second-order valence-electron chi connectivity index (χ2n) is 8.05. The monoisotopic (exact) mass is 351 g/mol. The number of hydrogen-bond acceptors (Lipinski definition) is 3. The first kappa shape index (κ1) is 16.6. The fraction of sp³-hybridized carbons (Fsp3) is 0.350. The van der Waals surface area contributed by atoms with Crippen molar-refractivity contribution in [1.82, 2.24) is 14.5 Å². The quantitative estimate of drug-likeness (QED) is 0.702. The molecule has 0 fully saturated rings. The van der Waals surface area contributed by atoms with Crippen molar-refractivity contribution in [2.24, 2.45) is 5.41 Å². The van der Waals surface area contributed by atoms with Gasteiger partial charge in [0.25, 0.3) is 5.56 Å². The number of nitrogens with one attached hydrogen (secondary N) is 1. The van der Waals surface area contributed by atoms with E-state index in [0.717, 1.165) is 22.2 Å². The fourth-order valence-electron chi connectivity index (χ4n) is 3.85. The Hall–Kier alpha value is -2.89. The summed E-state index contributed by atoms with van der Waals surface area (Å²) in [6, 6.07) is 7.58. The third kappa shape index (κ3) is 2.29. The average molecular weight is 351 g/mol. The van der Waals surface area contributed by atoms with Crippen molar-refractivity contribution in [2.75, 3.05) is 0 Å². The zero-order chi connectivity index (χ0) is 18.8. The van der Waals surface area contributed by atoms with Crippen molar-refractivity contribution < 1.29 is 9.90 Å². The van der Waals surface area contributed by atoms with Gasteiger partial charge in [-0.25, -0.2) is 9.78 Å². The van der Waals surface area contributed by atoms with Crippen molar-refractivity contribution >= 4 is 17.0 Å². The summed E-state index contributed by atoms with van der Waals surface area (Å²) in [6.07, 6.45) is 0. The Morgan fingerprint density at radius 3 is 2.73 bits per heavy atom. The summed E-state index contributed by atoms with van der Waals surface area (Å²) in [6.45, 7) is 9.09. The Balaban J connectivity index is 2.09. The van der Waals surface area contributed by atoms with E-state index in [9.17, 15) is 14.7 Å². The van der Waals surface area contributed by atoms with Gasteiger partial charge in [-0.1, -0.05) is 32.9 Å². The van der Waals surface area contributed by atoms with E-state index in [0.29, 0.717) is 18.1 Å². The van der Waals surface area contributed by atoms with E-state index < -0.39 is 11.5 Å². The maximum atomic E-state index is 12.3. The lowest BCUT2D eigenvalue weighted by molar-refractivity contribution is 0.0694. The van der Waals surface area contributed by atoms with E-state index in [2.05, 4.69) is 30.3 Å². The molecular formula is C20H21N3O3. The third-order valence-corrected chi connectivity index (χ3v) is 5.29. The number of rotatable bonds is 1. The van der Waals surface area contributed by atoms with Crippen LogP contribution in [0.5, 0.6) is 0 Å². The minimum atomic E-state index is -1.21. The largest absolute Gasteiger partial charge is 0.477 e. The molecule has 1 unspecified atom stereocenters. The fourth-order valence-corrected chi connectivity index (χ4v) is 3.85. The lowest BCUT2D eigenvalue weighted by Gasteiger charge is -2.36. The van der Waals surface area contributed by atoms with Gasteiger partial charge in [-0.05, 0) is 35.6 Å². The van der Waals surface area contributed by atoms with Crippen LogP contribution in [-0.4, -0.2) is 25.6 Å². The molecular weight excluding hydrogens is 330 g/mol. The molecule has 2 N–H and O–H groups in total. The first-order valence-corrected chi connectivity index (χ1v) is 8.65. The van der Waals surface area contributed by atoms with Gasteiger partial charge in [0.05, 0.1) is 16.7 Å². The van der Waals surface area contributed by atoms with Crippen LogP contribution in [-0.2, 0) is 6.54 Å². The number of para-hydroxylation sites is 1. The molecule has 0 spiro atoms. The summed E-state index contributed by atoms with van der Waals surface area (Å²) in [5, 5.41) is 9.36. The normalized spacial score (nSPS) is 16.4. The Kier molecular flexibility index (Phi) is 3.38. The molecule has 0 amide bonds. The van der Waals surface area contributed by atoms with Crippen LogP contribution in [0, 0.1) is 12.3 Å². The van der Waals surface area contributed by atoms with E-state index in [1.807, 2.05) is 25.1 Å². The summed E-state index contributed by atoms with van der Waals surface area (Å²) < 4.78 is 2.14. The summed E-state index contributed by atoms with van der Waals surface area (Å²) >= 11 is 0. The Bertz CT molecular complexity index is 1120. The number of aromatic carboxylic acids is 1. The molecule has 134 valence electrons. The van der Waals surface area contributed by atoms with Gasteiger partial charge < -0.3 is 14.7 Å². The first-order chi connectivity index (χ1) is 12.2. The van der Waals surface area contributed by atoms with E-state index in [1.165, 1.54) is 6.07 Å². The summed E-state index contributed by atoms with van der Waals surface area (Å²) in [5.41, 5.74) is 3.55. The number of H-pyrrole nitrogens is 1. The second kappa shape index (κ2) is 5.30. The van der Waals surface area contributed by atoms with Crippen molar-refractivity contribution in [3.05, 3.63) is 51.3 Å². The molecule has 6 heteroatoms. The number of benzene rings is 1. The van der Waals surface area contributed by atoms with Crippen LogP contribution in [0.25, 0.3) is 22.6 Å². The van der Waals surface area contributed by atoms with Crippen molar-refractivity contribution in [1.29, 1.82) is 0 Å². The molecule has 3 aromatic rings. The van der Waals surface area contributed by atoms with Gasteiger partial charge in [-0.2, -0.15) is 0 Å². The Morgan fingerprint density at radius 1 is 1.35 bits per heavy atom. The molecule has 1 aliphatic heterocycles. The van der Waals surface area contributed by atoms with E-state index in [-0.39, 0.29) is 16.9 Å².